The van der Waals surface area contributed by atoms with Crippen molar-refractivity contribution < 1.29 is 33.5 Å². The molecule has 32 heavy (non-hydrogen) atoms. The fourth-order valence-corrected chi connectivity index (χ4v) is 4.48. The Morgan fingerprint density at radius 2 is 1.28 bits per heavy atom. The summed E-state index contributed by atoms with van der Waals surface area (Å²) in [4.78, 5) is 52.5. The zero-order valence-electron chi connectivity index (χ0n) is 17.3. The van der Waals surface area contributed by atoms with Gasteiger partial charge in [0, 0.05) is 29.1 Å². The number of carbonyl (C=O) groups excluding carboxylic acids is 4. The van der Waals surface area contributed by atoms with Gasteiger partial charge in [0.25, 0.3) is 11.8 Å². The highest BCUT2D eigenvalue weighted by Crippen LogP contribution is 2.37. The molecule has 2 aromatic carbocycles. The van der Waals surface area contributed by atoms with E-state index in [1.54, 1.807) is 28.5 Å². The predicted octanol–water partition coefficient (Wildman–Crippen LogP) is 4.66. The first-order valence-corrected chi connectivity index (χ1v) is 12.0. The zero-order valence-corrected chi connectivity index (χ0v) is 18.9. The van der Waals surface area contributed by atoms with E-state index in [4.69, 9.17) is 9.47 Å². The van der Waals surface area contributed by atoms with E-state index in [0.29, 0.717) is 11.5 Å². The monoisotopic (exact) mass is 475 g/mol. The van der Waals surface area contributed by atoms with Gasteiger partial charge in [0.2, 0.25) is 0 Å². The predicted molar refractivity (Wildman–Crippen MR) is 117 cm³/mol. The lowest BCUT2D eigenvalue weighted by Gasteiger charge is -2.12. The lowest BCUT2D eigenvalue weighted by Crippen LogP contribution is -2.32. The molecule has 0 bridgehead atoms. The molecule has 0 N–H and O–H groups in total. The molecular weight excluding hydrogens is 454 g/mol. The van der Waals surface area contributed by atoms with Crippen LogP contribution in [0.3, 0.4) is 0 Å². The first kappa shape index (κ1) is 23.7. The molecule has 0 aliphatic carbocycles. The fraction of sp³-hybridized carbons (Fsp3) is 0.273. The van der Waals surface area contributed by atoms with Crippen molar-refractivity contribution in [2.45, 2.75) is 49.2 Å². The van der Waals surface area contributed by atoms with E-state index in [2.05, 4.69) is 4.84 Å². The third-order valence-electron chi connectivity index (χ3n) is 4.30. The topological polar surface area (TPSA) is 99.2 Å². The lowest BCUT2D eigenvalue weighted by atomic mass is 10.2. The molecule has 0 radical (unpaired) electrons. The van der Waals surface area contributed by atoms with Gasteiger partial charge in [0.1, 0.15) is 13.2 Å². The number of rotatable bonds is 9. The van der Waals surface area contributed by atoms with Gasteiger partial charge < -0.3 is 9.47 Å². The summed E-state index contributed by atoms with van der Waals surface area (Å²) in [5, 5.41) is 0.448. The third-order valence-corrected chi connectivity index (χ3v) is 6.71. The van der Waals surface area contributed by atoms with Gasteiger partial charge in [0.15, 0.2) is 0 Å². The van der Waals surface area contributed by atoms with Crippen LogP contribution in [0.2, 0.25) is 0 Å². The van der Waals surface area contributed by atoms with Gasteiger partial charge in [-0.25, -0.2) is 4.79 Å². The van der Waals surface area contributed by atoms with Crippen molar-refractivity contribution in [2.24, 2.45) is 0 Å². The summed E-state index contributed by atoms with van der Waals surface area (Å²) in [5.41, 5.74) is 1.67. The molecule has 1 heterocycles. The van der Waals surface area contributed by atoms with Crippen molar-refractivity contribution >= 4 is 45.5 Å². The molecule has 2 amide bonds. The number of benzene rings is 2. The highest BCUT2D eigenvalue weighted by Gasteiger charge is 2.33. The van der Waals surface area contributed by atoms with Crippen LogP contribution >= 0.6 is 21.6 Å². The molecule has 1 aliphatic rings. The van der Waals surface area contributed by atoms with Gasteiger partial charge in [-0.2, -0.15) is 0 Å². The van der Waals surface area contributed by atoms with Gasteiger partial charge in [-0.1, -0.05) is 57.8 Å². The Kier molecular flexibility index (Phi) is 8.57. The number of amides is 2. The molecule has 0 saturated carbocycles. The number of esters is 1. The standard InChI is InChI=1S/C22H21NO7S2/c1-2-21(26)28-13-15-3-7-17(8-4-15)31-32-18-9-5-16(6-10-18)14-29-22(27)30-23-19(24)11-12-20(23)25/h3-10H,2,11-14H2,1H3. The summed E-state index contributed by atoms with van der Waals surface area (Å²) in [5.74, 6) is -1.33. The van der Waals surface area contributed by atoms with E-state index in [0.717, 1.165) is 20.9 Å². The average Bonchev–Trinajstić information content (AvgIpc) is 3.13. The van der Waals surface area contributed by atoms with Gasteiger partial charge in [-0.3, -0.25) is 19.2 Å². The maximum atomic E-state index is 11.7. The summed E-state index contributed by atoms with van der Waals surface area (Å²) in [6.07, 6.45) is -0.681. The second-order valence-corrected chi connectivity index (χ2v) is 8.96. The Morgan fingerprint density at radius 3 is 1.75 bits per heavy atom. The maximum absolute atomic E-state index is 11.7. The van der Waals surface area contributed by atoms with Crippen LogP contribution in [0.4, 0.5) is 4.79 Å². The zero-order chi connectivity index (χ0) is 22.9. The van der Waals surface area contributed by atoms with E-state index in [-0.39, 0.29) is 32.0 Å². The molecule has 1 aliphatic heterocycles. The minimum atomic E-state index is -1.10. The molecule has 1 fully saturated rings. The molecule has 1 saturated heterocycles. The van der Waals surface area contributed by atoms with Crippen molar-refractivity contribution in [2.75, 3.05) is 0 Å². The second-order valence-electron chi connectivity index (χ2n) is 6.68. The number of ether oxygens (including phenoxy) is 2. The molecular formula is C22H21NO7S2. The second kappa shape index (κ2) is 11.6. The fourth-order valence-electron chi connectivity index (χ4n) is 2.55. The van der Waals surface area contributed by atoms with E-state index in [1.165, 1.54) is 0 Å². The normalized spacial score (nSPS) is 13.2. The van der Waals surface area contributed by atoms with Gasteiger partial charge >= 0.3 is 12.1 Å². The van der Waals surface area contributed by atoms with E-state index in [9.17, 15) is 19.2 Å². The van der Waals surface area contributed by atoms with Crippen molar-refractivity contribution in [1.82, 2.24) is 5.06 Å². The molecule has 0 aromatic heterocycles. The molecule has 168 valence electrons. The smallest absolute Gasteiger partial charge is 0.461 e. The number of hydrogen-bond donors (Lipinski definition) is 0. The number of hydrogen-bond acceptors (Lipinski definition) is 9. The summed E-state index contributed by atoms with van der Waals surface area (Å²) in [6.45, 7) is 1.98. The van der Waals surface area contributed by atoms with Crippen molar-refractivity contribution in [3.63, 3.8) is 0 Å². The van der Waals surface area contributed by atoms with Crippen molar-refractivity contribution in [3.05, 3.63) is 59.7 Å². The van der Waals surface area contributed by atoms with E-state index in [1.807, 2.05) is 48.5 Å². The minimum Gasteiger partial charge on any atom is -0.461 e. The van der Waals surface area contributed by atoms with Crippen LogP contribution in [0.1, 0.15) is 37.3 Å². The Hall–Kier alpha value is -2.98. The Balaban J connectivity index is 1.40. The summed E-state index contributed by atoms with van der Waals surface area (Å²) >= 11 is 0. The molecule has 3 rings (SSSR count). The van der Waals surface area contributed by atoms with Gasteiger partial charge in [0.05, 0.1) is 0 Å². The number of nitrogens with zero attached hydrogens (tertiary/aromatic N) is 1. The van der Waals surface area contributed by atoms with E-state index >= 15 is 0 Å². The SMILES string of the molecule is CCC(=O)OCc1ccc(SSc2ccc(COC(=O)ON3C(=O)CCC3=O)cc2)cc1. The van der Waals surface area contributed by atoms with Crippen LogP contribution in [-0.4, -0.2) is 29.0 Å². The summed E-state index contributed by atoms with van der Waals surface area (Å²) in [7, 11) is 3.16. The Morgan fingerprint density at radius 1 is 0.812 bits per heavy atom. The molecule has 0 spiro atoms. The first-order chi connectivity index (χ1) is 15.4. The average molecular weight is 476 g/mol. The van der Waals surface area contributed by atoms with Gasteiger partial charge in [-0.15, -0.1) is 0 Å². The number of imide groups is 1. The van der Waals surface area contributed by atoms with Crippen LogP contribution < -0.4 is 0 Å². The molecule has 0 unspecified atom stereocenters. The number of carbonyl (C=O) groups is 4. The largest absolute Gasteiger partial charge is 0.534 e. The van der Waals surface area contributed by atoms with Crippen LogP contribution in [0.15, 0.2) is 58.3 Å². The Labute approximate surface area is 192 Å². The van der Waals surface area contributed by atoms with Crippen LogP contribution in [0.5, 0.6) is 0 Å². The van der Waals surface area contributed by atoms with Crippen molar-refractivity contribution in [1.29, 1.82) is 0 Å². The molecule has 2 aromatic rings. The minimum absolute atomic E-state index is 0.0295. The van der Waals surface area contributed by atoms with Gasteiger partial charge in [-0.05, 0) is 35.4 Å². The third kappa shape index (κ3) is 7.03. The van der Waals surface area contributed by atoms with Crippen LogP contribution in [-0.2, 0) is 41.9 Å². The Bertz CT molecular complexity index is 961. The first-order valence-electron chi connectivity index (χ1n) is 9.83. The summed E-state index contributed by atoms with van der Waals surface area (Å²) < 4.78 is 10.1. The quantitative estimate of drug-likeness (QED) is 0.291. The lowest BCUT2D eigenvalue weighted by molar-refractivity contribution is -0.177. The molecule has 0 atom stereocenters. The van der Waals surface area contributed by atoms with Crippen LogP contribution in [0.25, 0.3) is 0 Å². The summed E-state index contributed by atoms with van der Waals surface area (Å²) in [6, 6.07) is 15.2. The number of hydroxylamine groups is 2. The van der Waals surface area contributed by atoms with Crippen molar-refractivity contribution in [3.8, 4) is 0 Å². The van der Waals surface area contributed by atoms with E-state index < -0.39 is 18.0 Å². The highest BCUT2D eigenvalue weighted by molar-refractivity contribution is 8.76. The maximum Gasteiger partial charge on any atom is 0.534 e. The molecule has 8 nitrogen and oxygen atoms in total. The highest BCUT2D eigenvalue weighted by atomic mass is 33.1. The van der Waals surface area contributed by atoms with Crippen LogP contribution in [0, 0.1) is 0 Å². The molecule has 10 heteroatoms.